The number of benzene rings is 1. The zero-order valence-corrected chi connectivity index (χ0v) is 12.0. The molecule has 2 fully saturated rings. The summed E-state index contributed by atoms with van der Waals surface area (Å²) in [5.74, 6) is 0.866. The highest BCUT2D eigenvalue weighted by Crippen LogP contribution is 2.41. The van der Waals surface area contributed by atoms with E-state index in [-0.39, 0.29) is 0 Å². The van der Waals surface area contributed by atoms with Gasteiger partial charge in [0.05, 0.1) is 0 Å². The maximum Gasteiger partial charge on any atom is 0.0441 e. The molecule has 4 rings (SSSR count). The number of nitrogens with zero attached hydrogens (tertiary/aromatic N) is 1. The van der Waals surface area contributed by atoms with E-state index in [4.69, 9.17) is 11.6 Å². The third-order valence-corrected chi connectivity index (χ3v) is 5.63. The number of hydrogen-bond acceptors (Lipinski definition) is 2. The molecule has 3 heterocycles. The molecule has 1 N–H and O–H groups in total. The van der Waals surface area contributed by atoms with Gasteiger partial charge in [0.25, 0.3) is 0 Å². The van der Waals surface area contributed by atoms with Crippen molar-refractivity contribution in [1.29, 1.82) is 0 Å². The third-order valence-electron chi connectivity index (χ3n) is 5.28. The Labute approximate surface area is 120 Å². The van der Waals surface area contributed by atoms with Crippen molar-refractivity contribution < 1.29 is 0 Å². The molecule has 3 aliphatic rings. The molecule has 0 amide bonds. The van der Waals surface area contributed by atoms with Crippen LogP contribution in [0.15, 0.2) is 18.2 Å². The second kappa shape index (κ2) is 4.76. The number of nitrogens with one attached hydrogen (secondary N) is 1. The average Bonchev–Trinajstić information content (AvgIpc) is 2.45. The van der Waals surface area contributed by atoms with E-state index in [1.54, 1.807) is 0 Å². The summed E-state index contributed by atoms with van der Waals surface area (Å²) in [4.78, 5) is 2.70. The molecule has 0 unspecified atom stereocenters. The van der Waals surface area contributed by atoms with Crippen LogP contribution in [-0.2, 0) is 6.42 Å². The molecule has 0 bridgehead atoms. The normalized spacial score (nSPS) is 34.3. The molecule has 1 aromatic carbocycles. The lowest BCUT2D eigenvalue weighted by atomic mass is 9.77. The van der Waals surface area contributed by atoms with E-state index in [1.807, 2.05) is 6.07 Å². The zero-order valence-electron chi connectivity index (χ0n) is 11.2. The molecule has 1 aromatic rings. The third kappa shape index (κ3) is 2.01. The van der Waals surface area contributed by atoms with E-state index < -0.39 is 0 Å². The molecule has 102 valence electrons. The van der Waals surface area contributed by atoms with Crippen LogP contribution >= 0.6 is 11.6 Å². The highest BCUT2D eigenvalue weighted by atomic mass is 35.5. The van der Waals surface area contributed by atoms with Gasteiger partial charge < -0.3 is 5.32 Å². The van der Waals surface area contributed by atoms with Crippen molar-refractivity contribution in [2.24, 2.45) is 5.92 Å². The molecule has 0 spiro atoms. The summed E-state index contributed by atoms with van der Waals surface area (Å²) >= 11 is 6.38. The minimum Gasteiger partial charge on any atom is -0.314 e. The van der Waals surface area contributed by atoms with Crippen LogP contribution in [0.1, 0.15) is 36.4 Å². The number of hydrogen-bond donors (Lipinski definition) is 1. The van der Waals surface area contributed by atoms with Crippen molar-refractivity contribution in [3.63, 3.8) is 0 Å². The highest BCUT2D eigenvalue weighted by Gasteiger charge is 2.39. The number of piperidine rings is 2. The Hall–Kier alpha value is -0.570. The Morgan fingerprint density at radius 2 is 2.26 bits per heavy atom. The molecular formula is C16H21ClN2. The topological polar surface area (TPSA) is 15.3 Å². The molecule has 0 saturated carbocycles. The van der Waals surface area contributed by atoms with Gasteiger partial charge in [-0.2, -0.15) is 0 Å². The van der Waals surface area contributed by atoms with Gasteiger partial charge in [-0.15, -0.1) is 0 Å². The summed E-state index contributed by atoms with van der Waals surface area (Å²) in [7, 11) is 0. The Bertz CT molecular complexity index is 488. The predicted molar refractivity (Wildman–Crippen MR) is 78.6 cm³/mol. The van der Waals surface area contributed by atoms with E-state index in [2.05, 4.69) is 22.3 Å². The van der Waals surface area contributed by atoms with Gasteiger partial charge >= 0.3 is 0 Å². The van der Waals surface area contributed by atoms with Crippen molar-refractivity contribution in [3.8, 4) is 0 Å². The van der Waals surface area contributed by atoms with E-state index in [0.717, 1.165) is 23.4 Å². The minimum atomic E-state index is 0.592. The van der Waals surface area contributed by atoms with Gasteiger partial charge in [0.15, 0.2) is 0 Å². The number of fused-ring (bicyclic) bond motifs is 4. The lowest BCUT2D eigenvalue weighted by molar-refractivity contribution is 0.0552. The number of rotatable bonds is 0. The minimum absolute atomic E-state index is 0.592. The second-order valence-corrected chi connectivity index (χ2v) is 6.67. The van der Waals surface area contributed by atoms with E-state index in [1.165, 1.54) is 50.0 Å². The van der Waals surface area contributed by atoms with Crippen LogP contribution < -0.4 is 5.32 Å². The first-order valence-corrected chi connectivity index (χ1v) is 7.95. The van der Waals surface area contributed by atoms with Gasteiger partial charge in [0.2, 0.25) is 0 Å². The molecule has 19 heavy (non-hydrogen) atoms. The van der Waals surface area contributed by atoms with Gasteiger partial charge in [-0.3, -0.25) is 4.90 Å². The van der Waals surface area contributed by atoms with Crippen LogP contribution in [0, 0.1) is 5.92 Å². The van der Waals surface area contributed by atoms with Crippen molar-refractivity contribution in [1.82, 2.24) is 10.2 Å². The van der Waals surface area contributed by atoms with Gasteiger partial charge in [0.1, 0.15) is 0 Å². The summed E-state index contributed by atoms with van der Waals surface area (Å²) in [6.45, 7) is 3.66. The molecule has 0 aliphatic carbocycles. The van der Waals surface area contributed by atoms with Crippen molar-refractivity contribution >= 4 is 11.6 Å². The first-order chi connectivity index (χ1) is 9.33. The predicted octanol–water partition coefficient (Wildman–Crippen LogP) is 3.01. The summed E-state index contributed by atoms with van der Waals surface area (Å²) in [6.07, 6.45) is 5.14. The smallest absolute Gasteiger partial charge is 0.0441 e. The van der Waals surface area contributed by atoms with E-state index in [9.17, 15) is 0 Å². The van der Waals surface area contributed by atoms with Crippen LogP contribution in [0.2, 0.25) is 5.02 Å². The van der Waals surface area contributed by atoms with Crippen molar-refractivity contribution in [3.05, 3.63) is 34.3 Å². The van der Waals surface area contributed by atoms with E-state index in [0.29, 0.717) is 6.04 Å². The Morgan fingerprint density at radius 3 is 3.21 bits per heavy atom. The van der Waals surface area contributed by atoms with Gasteiger partial charge in [0, 0.05) is 30.2 Å². The fraction of sp³-hybridized carbons (Fsp3) is 0.625. The van der Waals surface area contributed by atoms with Gasteiger partial charge in [-0.25, -0.2) is 0 Å². The molecule has 0 radical (unpaired) electrons. The maximum atomic E-state index is 6.38. The average molecular weight is 277 g/mol. The van der Waals surface area contributed by atoms with Crippen LogP contribution in [0.4, 0.5) is 0 Å². The van der Waals surface area contributed by atoms with Crippen LogP contribution in [0.5, 0.6) is 0 Å². The van der Waals surface area contributed by atoms with Gasteiger partial charge in [-0.1, -0.05) is 23.7 Å². The van der Waals surface area contributed by atoms with Crippen LogP contribution in [0.3, 0.4) is 0 Å². The Morgan fingerprint density at radius 1 is 1.32 bits per heavy atom. The molecule has 3 aliphatic heterocycles. The first-order valence-electron chi connectivity index (χ1n) is 7.57. The SMILES string of the molecule is Clc1cccc2c1CCN1C[C@H]3CCCN[C@H]3C[C@@H]21. The molecular weight excluding hydrogens is 256 g/mol. The molecule has 2 nitrogen and oxygen atoms in total. The zero-order chi connectivity index (χ0) is 12.8. The Balaban J connectivity index is 1.67. The summed E-state index contributed by atoms with van der Waals surface area (Å²) in [5, 5.41) is 4.71. The quantitative estimate of drug-likeness (QED) is 0.784. The maximum absolute atomic E-state index is 6.38. The summed E-state index contributed by atoms with van der Waals surface area (Å²) < 4.78 is 0. The second-order valence-electron chi connectivity index (χ2n) is 6.27. The highest BCUT2D eigenvalue weighted by molar-refractivity contribution is 6.31. The van der Waals surface area contributed by atoms with Crippen LogP contribution in [-0.4, -0.2) is 30.6 Å². The van der Waals surface area contributed by atoms with Crippen molar-refractivity contribution in [2.45, 2.75) is 37.8 Å². The Kier molecular flexibility index (Phi) is 3.06. The fourth-order valence-electron chi connectivity index (χ4n) is 4.31. The lowest BCUT2D eigenvalue weighted by Crippen LogP contribution is -2.54. The standard InChI is InChI=1S/C16H21ClN2/c17-14-5-1-4-13-12(14)6-8-19-10-11-3-2-7-18-15(11)9-16(13)19/h1,4-5,11,15-16,18H,2-3,6-10H2/t11-,15+,16+/m1/s1. The van der Waals surface area contributed by atoms with Gasteiger partial charge in [-0.05, 0) is 55.3 Å². The molecule has 3 atom stereocenters. The largest absolute Gasteiger partial charge is 0.314 e. The molecule has 0 aromatic heterocycles. The molecule has 2 saturated heterocycles. The summed E-state index contributed by atoms with van der Waals surface area (Å²) in [5.41, 5.74) is 2.89. The fourth-order valence-corrected chi connectivity index (χ4v) is 4.59. The monoisotopic (exact) mass is 276 g/mol. The number of halogens is 1. The van der Waals surface area contributed by atoms with E-state index >= 15 is 0 Å². The summed E-state index contributed by atoms with van der Waals surface area (Å²) in [6, 6.07) is 7.77. The first kappa shape index (κ1) is 12.2. The lowest BCUT2D eigenvalue weighted by Gasteiger charge is -2.49. The van der Waals surface area contributed by atoms with Crippen LogP contribution in [0.25, 0.3) is 0 Å². The van der Waals surface area contributed by atoms with Crippen molar-refractivity contribution in [2.75, 3.05) is 19.6 Å². The molecule has 3 heteroatoms.